The number of hydrogen-bond acceptors (Lipinski definition) is 6. The van der Waals surface area contributed by atoms with Crippen LogP contribution in [-0.2, 0) is 13.5 Å². The highest BCUT2D eigenvalue weighted by atomic mass is 35.5. The quantitative estimate of drug-likeness (QED) is 0.188. The second kappa shape index (κ2) is 11.4. The number of nitrogens with zero attached hydrogens (tertiary/aromatic N) is 4. The summed E-state index contributed by atoms with van der Waals surface area (Å²) in [7, 11) is 1.73. The molecule has 0 aliphatic heterocycles. The first kappa shape index (κ1) is 28.8. The van der Waals surface area contributed by atoms with Crippen molar-refractivity contribution in [2.24, 2.45) is 12.8 Å². The molecule has 0 aliphatic carbocycles. The molecule has 1 unspecified atom stereocenters. The van der Waals surface area contributed by atoms with E-state index in [1.54, 1.807) is 60.3 Å². The second-order valence-electron chi connectivity index (χ2n) is 9.98. The zero-order valence-corrected chi connectivity index (χ0v) is 24.5. The molecular formula is C31H24ClF3N6OS. The topological polar surface area (TPSA) is 90.8 Å². The molecule has 0 spiro atoms. The van der Waals surface area contributed by atoms with Gasteiger partial charge in [-0.15, -0.1) is 0 Å². The molecular weight excluding hydrogens is 597 g/mol. The number of anilines is 1. The highest BCUT2D eigenvalue weighted by Crippen LogP contribution is 2.36. The zero-order valence-electron chi connectivity index (χ0n) is 22.9. The van der Waals surface area contributed by atoms with Crippen LogP contribution < -0.4 is 16.0 Å². The van der Waals surface area contributed by atoms with Gasteiger partial charge in [-0.05, 0) is 60.0 Å². The molecule has 218 valence electrons. The monoisotopic (exact) mass is 620 g/mol. The van der Waals surface area contributed by atoms with Crippen LogP contribution in [0, 0.1) is 17.5 Å². The van der Waals surface area contributed by atoms with Gasteiger partial charge in [-0.2, -0.15) is 5.10 Å². The van der Waals surface area contributed by atoms with E-state index in [0.717, 1.165) is 6.07 Å². The fourth-order valence-corrected chi connectivity index (χ4v) is 5.91. The van der Waals surface area contributed by atoms with Gasteiger partial charge in [-0.1, -0.05) is 47.8 Å². The van der Waals surface area contributed by atoms with Crippen molar-refractivity contribution in [3.63, 3.8) is 0 Å². The number of aromatic nitrogens is 4. The predicted octanol–water partition coefficient (Wildman–Crippen LogP) is 6.94. The molecule has 6 rings (SSSR count). The van der Waals surface area contributed by atoms with Crippen LogP contribution in [0.25, 0.3) is 38.6 Å². The number of rotatable bonds is 7. The Morgan fingerprint density at radius 2 is 1.77 bits per heavy atom. The summed E-state index contributed by atoms with van der Waals surface area (Å²) in [6.07, 6.45) is 1.82. The average molecular weight is 621 g/mol. The third-order valence-electron chi connectivity index (χ3n) is 7.15. The molecule has 7 nitrogen and oxygen atoms in total. The Balaban J connectivity index is 1.63. The lowest BCUT2D eigenvalue weighted by atomic mass is 10.0. The summed E-state index contributed by atoms with van der Waals surface area (Å²) in [5.74, 6) is -1.27. The minimum atomic E-state index is -0.974. The van der Waals surface area contributed by atoms with Crippen LogP contribution in [0.15, 0.2) is 77.6 Å². The van der Waals surface area contributed by atoms with Gasteiger partial charge in [0.15, 0.2) is 5.82 Å². The van der Waals surface area contributed by atoms with Crippen molar-refractivity contribution in [2.45, 2.75) is 12.5 Å². The molecule has 0 radical (unpaired) electrons. The molecule has 1 atom stereocenters. The van der Waals surface area contributed by atoms with Gasteiger partial charge < -0.3 is 10.5 Å². The van der Waals surface area contributed by atoms with Gasteiger partial charge in [0.25, 0.3) is 5.56 Å². The Morgan fingerprint density at radius 3 is 2.49 bits per heavy atom. The number of nitrogens with one attached hydrogen (secondary N) is 1. The van der Waals surface area contributed by atoms with Crippen LogP contribution in [0.3, 0.4) is 0 Å². The normalized spacial score (nSPS) is 12.3. The fraction of sp³-hybridized carbons (Fsp3) is 0.129. The van der Waals surface area contributed by atoms with Crippen molar-refractivity contribution in [2.75, 3.05) is 11.0 Å². The van der Waals surface area contributed by atoms with Gasteiger partial charge in [-0.25, -0.2) is 18.2 Å². The minimum absolute atomic E-state index is 0.0268. The van der Waals surface area contributed by atoms with Crippen LogP contribution >= 0.6 is 23.5 Å². The summed E-state index contributed by atoms with van der Waals surface area (Å²) in [6.45, 7) is 0. The third-order valence-corrected chi connectivity index (χ3v) is 7.86. The Kier molecular flexibility index (Phi) is 7.63. The molecule has 0 saturated carbocycles. The van der Waals surface area contributed by atoms with E-state index in [-0.39, 0.29) is 23.1 Å². The lowest BCUT2D eigenvalue weighted by Gasteiger charge is -2.20. The van der Waals surface area contributed by atoms with Crippen molar-refractivity contribution in [3.8, 4) is 16.8 Å². The van der Waals surface area contributed by atoms with Gasteiger partial charge in [0.2, 0.25) is 0 Å². The minimum Gasteiger partial charge on any atom is -0.321 e. The van der Waals surface area contributed by atoms with Crippen LogP contribution in [0.4, 0.5) is 19.0 Å². The molecule has 12 heteroatoms. The smallest absolute Gasteiger partial charge is 0.266 e. The predicted molar refractivity (Wildman–Crippen MR) is 166 cm³/mol. The van der Waals surface area contributed by atoms with Gasteiger partial charge in [-0.3, -0.25) is 14.0 Å². The number of aryl methyl sites for hydroxylation is 1. The Bertz CT molecular complexity index is 2080. The Hall–Kier alpha value is -4.32. The maximum Gasteiger partial charge on any atom is 0.266 e. The average Bonchev–Trinajstić information content (AvgIpc) is 3.29. The van der Waals surface area contributed by atoms with Gasteiger partial charge >= 0.3 is 0 Å². The number of halogens is 4. The van der Waals surface area contributed by atoms with Crippen molar-refractivity contribution in [3.05, 3.63) is 117 Å². The molecule has 43 heavy (non-hydrogen) atoms. The van der Waals surface area contributed by atoms with Crippen LogP contribution in [0.1, 0.15) is 17.4 Å². The van der Waals surface area contributed by atoms with Gasteiger partial charge in [0.1, 0.15) is 23.3 Å². The summed E-state index contributed by atoms with van der Waals surface area (Å²) < 4.78 is 48.8. The van der Waals surface area contributed by atoms with E-state index in [4.69, 9.17) is 22.3 Å². The van der Waals surface area contributed by atoms with E-state index in [0.29, 0.717) is 44.1 Å². The number of hydrogen-bond donors (Lipinski definition) is 2. The molecule has 3 N–H and O–H groups in total. The van der Waals surface area contributed by atoms with Crippen molar-refractivity contribution in [1.29, 1.82) is 0 Å². The van der Waals surface area contributed by atoms with Gasteiger partial charge in [0, 0.05) is 24.9 Å². The van der Waals surface area contributed by atoms with E-state index < -0.39 is 29.1 Å². The fourth-order valence-electron chi connectivity index (χ4n) is 5.33. The van der Waals surface area contributed by atoms with Crippen molar-refractivity contribution >= 4 is 51.2 Å². The molecule has 2 heterocycles. The zero-order chi connectivity index (χ0) is 30.4. The summed E-state index contributed by atoms with van der Waals surface area (Å²) in [4.78, 5) is 19.1. The molecule has 2 aromatic heterocycles. The second-order valence-corrected chi connectivity index (χ2v) is 11.0. The summed E-state index contributed by atoms with van der Waals surface area (Å²) >= 11 is 7.94. The molecule has 0 amide bonds. The number of fused-ring (bicyclic) bond motifs is 2. The summed E-state index contributed by atoms with van der Waals surface area (Å²) in [6, 6.07) is 16.7. The van der Waals surface area contributed by atoms with E-state index in [1.165, 1.54) is 34.7 Å². The largest absolute Gasteiger partial charge is 0.321 e. The first-order valence-corrected chi connectivity index (χ1v) is 14.7. The number of nitrogens with two attached hydrogens (primary N) is 1. The first-order valence-electron chi connectivity index (χ1n) is 13.1. The maximum absolute atomic E-state index is 14.6. The standard InChI is InChI=1S/C31H24ClF3N6OS/c1-40-28-26(10-9-22(32)27(28)29(38-40)39-43-2)41-30(24(36)13-16-11-18(33)15-19(34)12-16)37-25-14-17(7-8-21(25)31(41)42)20-5-3-4-6-23(20)35/h3-12,14-15,24H,13,36H2,1-2H3,(H,38,39). The summed E-state index contributed by atoms with van der Waals surface area (Å²) in [5, 5.41) is 5.82. The molecule has 0 aliphatic rings. The maximum atomic E-state index is 14.6. The molecule has 0 fully saturated rings. The Labute approximate surface area is 253 Å². The van der Waals surface area contributed by atoms with E-state index in [9.17, 15) is 18.0 Å². The van der Waals surface area contributed by atoms with Crippen molar-refractivity contribution in [1.82, 2.24) is 19.3 Å². The molecule has 0 saturated heterocycles. The van der Waals surface area contributed by atoms with Crippen molar-refractivity contribution < 1.29 is 13.2 Å². The molecule has 0 bridgehead atoms. The lowest BCUT2D eigenvalue weighted by molar-refractivity contribution is 0.572. The lowest BCUT2D eigenvalue weighted by Crippen LogP contribution is -2.30. The molecule has 4 aromatic carbocycles. The van der Waals surface area contributed by atoms with E-state index in [1.807, 2.05) is 6.26 Å². The third kappa shape index (κ3) is 5.24. The van der Waals surface area contributed by atoms with Crippen LogP contribution in [0.5, 0.6) is 0 Å². The summed E-state index contributed by atoms with van der Waals surface area (Å²) in [5.41, 5.74) is 8.64. The Morgan fingerprint density at radius 1 is 1.02 bits per heavy atom. The van der Waals surface area contributed by atoms with E-state index >= 15 is 0 Å². The highest BCUT2D eigenvalue weighted by molar-refractivity contribution is 7.99. The number of benzene rings is 4. The van der Waals surface area contributed by atoms with E-state index in [2.05, 4.69) is 9.82 Å². The van der Waals surface area contributed by atoms with Crippen LogP contribution in [-0.4, -0.2) is 25.6 Å². The van der Waals surface area contributed by atoms with Crippen LogP contribution in [0.2, 0.25) is 5.02 Å². The SMILES string of the molecule is CSNc1nn(C)c2c(-n3c(C(N)Cc4cc(F)cc(F)c4)nc4cc(-c5ccccc5F)ccc4c3=O)ccc(Cl)c12. The molecule has 6 aromatic rings. The first-order chi connectivity index (χ1) is 20.7. The van der Waals surface area contributed by atoms with Gasteiger partial charge in [0.05, 0.1) is 38.6 Å². The highest BCUT2D eigenvalue weighted by Gasteiger charge is 2.24.